The first-order chi connectivity index (χ1) is 11.1. The number of sulfonamides is 1. The van der Waals surface area contributed by atoms with Gasteiger partial charge in [-0.3, -0.25) is 0 Å². The predicted octanol–water partition coefficient (Wildman–Crippen LogP) is 2.21. The van der Waals surface area contributed by atoms with Gasteiger partial charge in [0, 0.05) is 6.07 Å². The summed E-state index contributed by atoms with van der Waals surface area (Å²) in [4.78, 5) is -0.550. The normalized spacial score (nSPS) is 13.5. The Labute approximate surface area is 134 Å². The van der Waals surface area contributed by atoms with E-state index < -0.39 is 38.5 Å². The Hall–Kier alpha value is -2.27. The first-order valence-electron chi connectivity index (χ1n) is 6.35. The van der Waals surface area contributed by atoms with Crippen LogP contribution in [0.15, 0.2) is 41.4 Å². The molecule has 11 heteroatoms. The second kappa shape index (κ2) is 6.69. The van der Waals surface area contributed by atoms with Crippen molar-refractivity contribution in [2.75, 3.05) is 7.11 Å². The highest BCUT2D eigenvalue weighted by Crippen LogP contribution is 2.34. The zero-order chi connectivity index (χ0) is 18.0. The van der Waals surface area contributed by atoms with E-state index in [-0.39, 0.29) is 5.88 Å². The quantitative estimate of drug-likeness (QED) is 0.822. The maximum absolute atomic E-state index is 13.2. The molecule has 0 aliphatic carbocycles. The number of benzene rings is 1. The van der Waals surface area contributed by atoms with Crippen molar-refractivity contribution >= 4 is 10.0 Å². The minimum atomic E-state index is -4.94. The lowest BCUT2D eigenvalue weighted by Gasteiger charge is -2.22. The van der Waals surface area contributed by atoms with Gasteiger partial charge in [0.15, 0.2) is 0 Å². The van der Waals surface area contributed by atoms with Crippen LogP contribution < -0.4 is 9.46 Å². The van der Waals surface area contributed by atoms with E-state index in [1.807, 2.05) is 0 Å². The highest BCUT2D eigenvalue weighted by molar-refractivity contribution is 7.89. The van der Waals surface area contributed by atoms with E-state index in [0.717, 1.165) is 36.5 Å². The predicted molar refractivity (Wildman–Crippen MR) is 74.1 cm³/mol. The Kier molecular flexibility index (Phi) is 5.04. The number of hydrogen-bond acceptors (Lipinski definition) is 5. The van der Waals surface area contributed by atoms with Crippen LogP contribution in [0.3, 0.4) is 0 Å². The third-order valence-electron chi connectivity index (χ3n) is 2.93. The zero-order valence-corrected chi connectivity index (χ0v) is 12.9. The van der Waals surface area contributed by atoms with Crippen LogP contribution in [0.1, 0.15) is 11.6 Å². The van der Waals surface area contributed by atoms with Gasteiger partial charge in [-0.15, -0.1) is 5.10 Å². The number of nitrogens with one attached hydrogen (secondary N) is 1. The first-order valence-corrected chi connectivity index (χ1v) is 7.83. The zero-order valence-electron chi connectivity index (χ0n) is 12.1. The lowest BCUT2D eigenvalue weighted by Crippen LogP contribution is -2.38. The van der Waals surface area contributed by atoms with E-state index in [1.54, 1.807) is 0 Å². The molecule has 1 atom stereocenters. The number of aromatic nitrogens is 2. The smallest absolute Gasteiger partial charge is 0.408 e. The number of ether oxygens (including phenoxy) is 1. The summed E-state index contributed by atoms with van der Waals surface area (Å²) in [5.74, 6) is -0.922. The summed E-state index contributed by atoms with van der Waals surface area (Å²) in [7, 11) is -3.38. The van der Waals surface area contributed by atoms with Crippen LogP contribution in [0, 0.1) is 5.82 Å². The average Bonchev–Trinajstić information content (AvgIpc) is 2.53. The molecule has 1 heterocycles. The van der Waals surface area contributed by atoms with Gasteiger partial charge in [0.2, 0.25) is 15.9 Å². The van der Waals surface area contributed by atoms with Gasteiger partial charge in [-0.2, -0.15) is 23.0 Å². The Morgan fingerprint density at radius 1 is 1.21 bits per heavy atom. The lowest BCUT2D eigenvalue weighted by atomic mass is 10.1. The summed E-state index contributed by atoms with van der Waals surface area (Å²) < 4.78 is 83.2. The average molecular weight is 365 g/mol. The second-order valence-electron chi connectivity index (χ2n) is 4.58. The molecule has 0 saturated carbocycles. The molecule has 0 bridgehead atoms. The summed E-state index contributed by atoms with van der Waals surface area (Å²) in [6, 6.07) is 1.68. The SMILES string of the molecule is COc1cc(S(=O)(=O)NC(c2ccc(F)cc2)C(F)(F)F)cnn1. The highest BCUT2D eigenvalue weighted by Gasteiger charge is 2.43. The molecule has 1 N–H and O–H groups in total. The number of halogens is 4. The van der Waals surface area contributed by atoms with Gasteiger partial charge >= 0.3 is 6.18 Å². The first kappa shape index (κ1) is 18.1. The number of nitrogens with zero attached hydrogens (tertiary/aromatic N) is 2. The van der Waals surface area contributed by atoms with E-state index in [4.69, 9.17) is 4.74 Å². The second-order valence-corrected chi connectivity index (χ2v) is 6.30. The van der Waals surface area contributed by atoms with Gasteiger partial charge in [-0.05, 0) is 17.7 Å². The van der Waals surface area contributed by atoms with Crippen molar-refractivity contribution in [3.8, 4) is 5.88 Å². The minimum Gasteiger partial charge on any atom is -0.480 e. The van der Waals surface area contributed by atoms with Crippen LogP contribution in [0.4, 0.5) is 17.6 Å². The standard InChI is InChI=1S/C13H11F4N3O3S/c1-23-11-6-10(7-18-19-11)24(21,22)20-12(13(15,16)17)8-2-4-9(14)5-3-8/h2-7,12,20H,1H3. The highest BCUT2D eigenvalue weighted by atomic mass is 32.2. The molecule has 1 aromatic heterocycles. The van der Waals surface area contributed by atoms with E-state index in [1.165, 1.54) is 11.8 Å². The van der Waals surface area contributed by atoms with Crippen molar-refractivity contribution in [3.05, 3.63) is 47.9 Å². The molecule has 0 radical (unpaired) electrons. The van der Waals surface area contributed by atoms with E-state index in [9.17, 15) is 26.0 Å². The maximum Gasteiger partial charge on any atom is 0.408 e. The molecule has 0 fully saturated rings. The van der Waals surface area contributed by atoms with Crippen molar-refractivity contribution in [1.82, 2.24) is 14.9 Å². The van der Waals surface area contributed by atoms with Crippen LogP contribution in [-0.2, 0) is 10.0 Å². The van der Waals surface area contributed by atoms with E-state index >= 15 is 0 Å². The number of methoxy groups -OCH3 is 1. The van der Waals surface area contributed by atoms with Gasteiger partial charge in [0.05, 0.1) is 13.3 Å². The largest absolute Gasteiger partial charge is 0.480 e. The molecule has 0 amide bonds. The molecule has 130 valence electrons. The van der Waals surface area contributed by atoms with Crippen LogP contribution in [0.2, 0.25) is 0 Å². The fraction of sp³-hybridized carbons (Fsp3) is 0.231. The van der Waals surface area contributed by atoms with Crippen molar-refractivity contribution in [3.63, 3.8) is 0 Å². The Morgan fingerprint density at radius 3 is 2.38 bits per heavy atom. The summed E-state index contributed by atoms with van der Waals surface area (Å²) in [5.41, 5.74) is -0.457. The molecule has 1 aromatic carbocycles. The van der Waals surface area contributed by atoms with E-state index in [0.29, 0.717) is 0 Å². The third-order valence-corrected chi connectivity index (χ3v) is 4.32. The molecule has 0 saturated heterocycles. The summed E-state index contributed by atoms with van der Waals surface area (Å²) in [6.45, 7) is 0. The van der Waals surface area contributed by atoms with Crippen LogP contribution in [0.5, 0.6) is 5.88 Å². The fourth-order valence-electron chi connectivity index (χ4n) is 1.78. The topological polar surface area (TPSA) is 81.2 Å². The monoisotopic (exact) mass is 365 g/mol. The molecule has 2 aromatic rings. The van der Waals surface area contributed by atoms with Gasteiger partial charge in [0.1, 0.15) is 16.8 Å². The maximum atomic E-state index is 13.2. The Balaban J connectivity index is 2.40. The lowest BCUT2D eigenvalue weighted by molar-refractivity contribution is -0.153. The van der Waals surface area contributed by atoms with Gasteiger partial charge in [-0.25, -0.2) is 12.8 Å². The molecule has 0 aliphatic heterocycles. The molecular weight excluding hydrogens is 354 g/mol. The molecule has 6 nitrogen and oxygen atoms in total. The fourth-order valence-corrected chi connectivity index (χ4v) is 2.94. The molecule has 24 heavy (non-hydrogen) atoms. The van der Waals surface area contributed by atoms with Crippen molar-refractivity contribution < 1.29 is 30.7 Å². The van der Waals surface area contributed by atoms with Crippen LogP contribution in [0.25, 0.3) is 0 Å². The van der Waals surface area contributed by atoms with Crippen molar-refractivity contribution in [2.45, 2.75) is 17.1 Å². The Morgan fingerprint density at radius 2 is 1.83 bits per heavy atom. The van der Waals surface area contributed by atoms with E-state index in [2.05, 4.69) is 10.2 Å². The number of rotatable bonds is 5. The van der Waals surface area contributed by atoms with Crippen molar-refractivity contribution in [2.24, 2.45) is 0 Å². The Bertz CT molecular complexity index is 810. The van der Waals surface area contributed by atoms with Crippen LogP contribution in [-0.4, -0.2) is 31.9 Å². The molecule has 1 unspecified atom stereocenters. The minimum absolute atomic E-state index is 0.178. The summed E-state index contributed by atoms with van der Waals surface area (Å²) in [6.07, 6.45) is -4.15. The third kappa shape index (κ3) is 4.17. The number of hydrogen-bond donors (Lipinski definition) is 1. The van der Waals surface area contributed by atoms with Gasteiger partial charge in [0.25, 0.3) is 0 Å². The molecule has 0 spiro atoms. The summed E-state index contributed by atoms with van der Waals surface area (Å²) >= 11 is 0. The summed E-state index contributed by atoms with van der Waals surface area (Å²) in [5, 5.41) is 6.79. The molecular formula is C13H11F4N3O3S. The van der Waals surface area contributed by atoms with Gasteiger partial charge in [-0.1, -0.05) is 12.1 Å². The number of alkyl halides is 3. The molecule has 2 rings (SSSR count). The van der Waals surface area contributed by atoms with Crippen molar-refractivity contribution in [1.29, 1.82) is 0 Å². The van der Waals surface area contributed by atoms with Crippen LogP contribution >= 0.6 is 0 Å². The molecule has 0 aliphatic rings. The van der Waals surface area contributed by atoms with Gasteiger partial charge < -0.3 is 4.74 Å².